The summed E-state index contributed by atoms with van der Waals surface area (Å²) in [6, 6.07) is 13.5. The smallest absolute Gasteiger partial charge is 0.224 e. The molecule has 0 spiro atoms. The molecule has 6 heteroatoms. The fraction of sp³-hybridized carbons (Fsp3) is 0.391. The van der Waals surface area contributed by atoms with E-state index in [1.807, 2.05) is 54.3 Å². The third-order valence-corrected chi connectivity index (χ3v) is 5.04. The number of nitrogens with zero attached hydrogens (tertiary/aromatic N) is 1. The van der Waals surface area contributed by atoms with Crippen LogP contribution in [0.2, 0.25) is 0 Å². The molecule has 2 amide bonds. The first-order valence-corrected chi connectivity index (χ1v) is 10.1. The van der Waals surface area contributed by atoms with Gasteiger partial charge in [0.05, 0.1) is 13.7 Å². The zero-order valence-electron chi connectivity index (χ0n) is 17.1. The summed E-state index contributed by atoms with van der Waals surface area (Å²) in [4.78, 5) is 25.8. The standard InChI is InChI=1S/C23H28N2O4/c1-3-25(16-17-6-9-19(28-2)10-7-17)23(27)5-4-14-29-20-11-12-21-18(15-20)8-13-22(26)24-21/h6-7,9-12,15H,3-5,8,13-14,16H2,1-2H3,(H,24,26). The number of benzene rings is 2. The van der Waals surface area contributed by atoms with Crippen molar-refractivity contribution < 1.29 is 19.1 Å². The van der Waals surface area contributed by atoms with E-state index in [1.54, 1.807) is 7.11 Å². The van der Waals surface area contributed by atoms with Gasteiger partial charge in [-0.2, -0.15) is 0 Å². The van der Waals surface area contributed by atoms with Crippen LogP contribution in [0.1, 0.15) is 37.3 Å². The monoisotopic (exact) mass is 396 g/mol. The SMILES string of the molecule is CCN(Cc1ccc(OC)cc1)C(=O)CCCOc1ccc2c(c1)CCC(=O)N2. The predicted octanol–water partition coefficient (Wildman–Crippen LogP) is 3.79. The lowest BCUT2D eigenvalue weighted by Crippen LogP contribution is -2.30. The number of hydrogen-bond acceptors (Lipinski definition) is 4. The maximum Gasteiger partial charge on any atom is 0.224 e. The minimum Gasteiger partial charge on any atom is -0.497 e. The van der Waals surface area contributed by atoms with Gasteiger partial charge < -0.3 is 19.7 Å². The molecule has 2 aromatic rings. The Morgan fingerprint density at radius 3 is 2.59 bits per heavy atom. The van der Waals surface area contributed by atoms with Gasteiger partial charge in [-0.3, -0.25) is 9.59 Å². The molecule has 0 radical (unpaired) electrons. The maximum absolute atomic E-state index is 12.5. The fourth-order valence-corrected chi connectivity index (χ4v) is 3.35. The third-order valence-electron chi connectivity index (χ3n) is 5.04. The van der Waals surface area contributed by atoms with Crippen LogP contribution in [0.4, 0.5) is 5.69 Å². The number of carbonyl (C=O) groups excluding carboxylic acids is 2. The van der Waals surface area contributed by atoms with Crippen LogP contribution < -0.4 is 14.8 Å². The molecular weight excluding hydrogens is 368 g/mol. The summed E-state index contributed by atoms with van der Waals surface area (Å²) in [6.07, 6.45) is 2.34. The number of methoxy groups -OCH3 is 1. The lowest BCUT2D eigenvalue weighted by Gasteiger charge is -2.21. The first-order chi connectivity index (χ1) is 14.1. The summed E-state index contributed by atoms with van der Waals surface area (Å²) in [5.41, 5.74) is 3.04. The molecule has 0 fully saturated rings. The Bertz CT molecular complexity index is 848. The Kier molecular flexibility index (Phi) is 7.11. The van der Waals surface area contributed by atoms with Crippen molar-refractivity contribution in [3.8, 4) is 11.5 Å². The number of nitrogens with one attached hydrogen (secondary N) is 1. The Labute approximate surface area is 171 Å². The van der Waals surface area contributed by atoms with E-state index in [4.69, 9.17) is 9.47 Å². The summed E-state index contributed by atoms with van der Waals surface area (Å²) < 4.78 is 11.0. The zero-order chi connectivity index (χ0) is 20.6. The molecule has 0 aromatic heterocycles. The molecule has 2 aromatic carbocycles. The highest BCUT2D eigenvalue weighted by Crippen LogP contribution is 2.26. The van der Waals surface area contributed by atoms with Gasteiger partial charge in [0.25, 0.3) is 0 Å². The normalized spacial score (nSPS) is 12.7. The molecule has 0 saturated carbocycles. The molecule has 1 aliphatic rings. The molecule has 1 N–H and O–H groups in total. The van der Waals surface area contributed by atoms with Gasteiger partial charge in [-0.05, 0) is 61.2 Å². The van der Waals surface area contributed by atoms with Crippen molar-refractivity contribution in [1.29, 1.82) is 0 Å². The Balaban J connectivity index is 1.44. The van der Waals surface area contributed by atoms with Gasteiger partial charge in [0.1, 0.15) is 11.5 Å². The second kappa shape index (κ2) is 9.96. The second-order valence-corrected chi connectivity index (χ2v) is 7.08. The van der Waals surface area contributed by atoms with Crippen molar-refractivity contribution in [2.75, 3.05) is 25.6 Å². The number of rotatable bonds is 9. The van der Waals surface area contributed by atoms with Crippen molar-refractivity contribution in [3.63, 3.8) is 0 Å². The number of amides is 2. The van der Waals surface area contributed by atoms with Gasteiger partial charge in [0.15, 0.2) is 0 Å². The zero-order valence-corrected chi connectivity index (χ0v) is 17.1. The van der Waals surface area contributed by atoms with Crippen LogP contribution in [0.25, 0.3) is 0 Å². The van der Waals surface area contributed by atoms with Gasteiger partial charge >= 0.3 is 0 Å². The Morgan fingerprint density at radius 2 is 1.86 bits per heavy atom. The maximum atomic E-state index is 12.5. The van der Waals surface area contributed by atoms with Crippen molar-refractivity contribution in [2.24, 2.45) is 0 Å². The Hall–Kier alpha value is -3.02. The van der Waals surface area contributed by atoms with E-state index >= 15 is 0 Å². The molecule has 29 heavy (non-hydrogen) atoms. The van der Waals surface area contributed by atoms with E-state index in [-0.39, 0.29) is 11.8 Å². The molecule has 1 heterocycles. The molecule has 154 valence electrons. The van der Waals surface area contributed by atoms with E-state index in [0.717, 1.165) is 34.7 Å². The predicted molar refractivity (Wildman–Crippen MR) is 112 cm³/mol. The quantitative estimate of drug-likeness (QED) is 0.655. The largest absolute Gasteiger partial charge is 0.497 e. The van der Waals surface area contributed by atoms with Gasteiger partial charge in [-0.15, -0.1) is 0 Å². The minimum atomic E-state index is 0.0554. The molecule has 0 unspecified atom stereocenters. The summed E-state index contributed by atoms with van der Waals surface area (Å²) in [5.74, 6) is 1.77. The van der Waals surface area contributed by atoms with E-state index in [2.05, 4.69) is 5.32 Å². The van der Waals surface area contributed by atoms with Crippen molar-refractivity contribution in [3.05, 3.63) is 53.6 Å². The van der Waals surface area contributed by atoms with E-state index in [9.17, 15) is 9.59 Å². The van der Waals surface area contributed by atoms with Gasteiger partial charge in [-0.1, -0.05) is 12.1 Å². The van der Waals surface area contributed by atoms with Crippen LogP contribution in [0.3, 0.4) is 0 Å². The van der Waals surface area contributed by atoms with E-state index < -0.39 is 0 Å². The average molecular weight is 396 g/mol. The number of carbonyl (C=O) groups is 2. The number of fused-ring (bicyclic) bond motifs is 1. The number of hydrogen-bond donors (Lipinski definition) is 1. The molecular formula is C23H28N2O4. The highest BCUT2D eigenvalue weighted by molar-refractivity contribution is 5.94. The average Bonchev–Trinajstić information content (AvgIpc) is 2.75. The summed E-state index contributed by atoms with van der Waals surface area (Å²) in [7, 11) is 1.64. The first-order valence-electron chi connectivity index (χ1n) is 10.1. The topological polar surface area (TPSA) is 67.9 Å². The second-order valence-electron chi connectivity index (χ2n) is 7.08. The lowest BCUT2D eigenvalue weighted by molar-refractivity contribution is -0.131. The summed E-state index contributed by atoms with van der Waals surface area (Å²) in [5, 5.41) is 2.86. The van der Waals surface area contributed by atoms with Crippen molar-refractivity contribution >= 4 is 17.5 Å². The highest BCUT2D eigenvalue weighted by atomic mass is 16.5. The Morgan fingerprint density at radius 1 is 1.10 bits per heavy atom. The van der Waals surface area contributed by atoms with E-state index in [1.165, 1.54) is 0 Å². The van der Waals surface area contributed by atoms with Gasteiger partial charge in [-0.25, -0.2) is 0 Å². The fourth-order valence-electron chi connectivity index (χ4n) is 3.35. The minimum absolute atomic E-state index is 0.0554. The highest BCUT2D eigenvalue weighted by Gasteiger charge is 2.15. The number of anilines is 1. The van der Waals surface area contributed by atoms with Crippen molar-refractivity contribution in [2.45, 2.75) is 39.2 Å². The molecule has 6 nitrogen and oxygen atoms in total. The van der Waals surface area contributed by atoms with Gasteiger partial charge in [0, 0.05) is 31.6 Å². The van der Waals surface area contributed by atoms with E-state index in [0.29, 0.717) is 39.0 Å². The molecule has 0 aliphatic carbocycles. The third kappa shape index (κ3) is 5.73. The van der Waals surface area contributed by atoms with Crippen LogP contribution in [0, 0.1) is 0 Å². The van der Waals surface area contributed by atoms with Gasteiger partial charge in [0.2, 0.25) is 11.8 Å². The molecule has 0 saturated heterocycles. The first kappa shape index (κ1) is 20.7. The van der Waals surface area contributed by atoms with Crippen LogP contribution in [-0.4, -0.2) is 37.0 Å². The molecule has 0 atom stereocenters. The van der Waals surface area contributed by atoms with Crippen LogP contribution in [0.5, 0.6) is 11.5 Å². The molecule has 0 bridgehead atoms. The number of aryl methyl sites for hydroxylation is 1. The lowest BCUT2D eigenvalue weighted by atomic mass is 10.0. The van der Waals surface area contributed by atoms with Crippen LogP contribution >= 0.6 is 0 Å². The van der Waals surface area contributed by atoms with Crippen LogP contribution in [-0.2, 0) is 22.6 Å². The molecule has 3 rings (SSSR count). The summed E-state index contributed by atoms with van der Waals surface area (Å²) >= 11 is 0. The number of ether oxygens (including phenoxy) is 2. The van der Waals surface area contributed by atoms with Crippen LogP contribution in [0.15, 0.2) is 42.5 Å². The summed E-state index contributed by atoms with van der Waals surface area (Å²) in [6.45, 7) is 3.74. The molecule has 1 aliphatic heterocycles. The van der Waals surface area contributed by atoms with Crippen molar-refractivity contribution in [1.82, 2.24) is 4.90 Å².